The molecule has 23 heavy (non-hydrogen) atoms. The minimum Gasteiger partial charge on any atom is -0.381 e. The summed E-state index contributed by atoms with van der Waals surface area (Å²) in [6, 6.07) is 3.25. The number of hydrogen-bond acceptors (Lipinski definition) is 5. The van der Waals surface area contributed by atoms with Gasteiger partial charge in [-0.3, -0.25) is 4.98 Å². The van der Waals surface area contributed by atoms with Crippen molar-refractivity contribution in [3.05, 3.63) is 24.5 Å². The monoisotopic (exact) mass is 340 g/mol. The Bertz CT molecular complexity index is 622. The molecule has 1 aromatic rings. The summed E-state index contributed by atoms with van der Waals surface area (Å²) in [5.41, 5.74) is -0.234. The van der Waals surface area contributed by atoms with Crippen molar-refractivity contribution in [1.82, 2.24) is 9.29 Å². The fourth-order valence-corrected chi connectivity index (χ4v) is 5.14. The largest absolute Gasteiger partial charge is 0.381 e. The minimum absolute atomic E-state index is 0.0862. The maximum absolute atomic E-state index is 12.9. The molecule has 1 aromatic heterocycles. The number of rotatable bonds is 5. The topological polar surface area (TPSA) is 68.7 Å². The summed E-state index contributed by atoms with van der Waals surface area (Å²) in [6.07, 6.45) is 5.68. The van der Waals surface area contributed by atoms with Gasteiger partial charge < -0.3 is 9.47 Å². The predicted molar refractivity (Wildman–Crippen MR) is 85.5 cm³/mol. The summed E-state index contributed by atoms with van der Waals surface area (Å²) in [5, 5.41) is 0. The van der Waals surface area contributed by atoms with Gasteiger partial charge in [-0.05, 0) is 38.3 Å². The van der Waals surface area contributed by atoms with Gasteiger partial charge >= 0.3 is 0 Å². The summed E-state index contributed by atoms with van der Waals surface area (Å²) in [6.45, 7) is 4.83. The Hall–Kier alpha value is -1.02. The molecule has 0 bridgehead atoms. The number of hydrogen-bond donors (Lipinski definition) is 0. The van der Waals surface area contributed by atoms with E-state index < -0.39 is 10.0 Å². The molecule has 2 aliphatic rings. The van der Waals surface area contributed by atoms with E-state index in [-0.39, 0.29) is 16.4 Å². The van der Waals surface area contributed by atoms with E-state index in [1.807, 2.05) is 6.92 Å². The highest BCUT2D eigenvalue weighted by atomic mass is 32.2. The summed E-state index contributed by atoms with van der Waals surface area (Å²) in [7, 11) is -3.52. The first-order valence-electron chi connectivity index (χ1n) is 8.18. The lowest BCUT2D eigenvalue weighted by atomic mass is 9.73. The molecule has 0 saturated carbocycles. The lowest BCUT2D eigenvalue weighted by Gasteiger charge is -2.49. The number of piperidine rings is 1. The first-order chi connectivity index (χ1) is 11.1. The first-order valence-corrected chi connectivity index (χ1v) is 9.62. The van der Waals surface area contributed by atoms with Gasteiger partial charge in [0.25, 0.3) is 0 Å². The van der Waals surface area contributed by atoms with Crippen molar-refractivity contribution in [3.63, 3.8) is 0 Å². The van der Waals surface area contributed by atoms with E-state index in [9.17, 15) is 8.42 Å². The average molecular weight is 340 g/mol. The van der Waals surface area contributed by atoms with Gasteiger partial charge in [-0.15, -0.1) is 0 Å². The third kappa shape index (κ3) is 3.28. The molecular formula is C16H24N2O4S. The molecule has 2 fully saturated rings. The Balaban J connectivity index is 1.85. The molecule has 0 aromatic carbocycles. The molecule has 7 heteroatoms. The number of sulfonamides is 1. The number of pyridine rings is 1. The van der Waals surface area contributed by atoms with Gasteiger partial charge in [0, 0.05) is 44.1 Å². The van der Waals surface area contributed by atoms with E-state index >= 15 is 0 Å². The molecule has 0 N–H and O–H groups in total. The standard InChI is InChI=1S/C16H24N2O4S/c1-2-21-13-16-7-4-10-22-15(16)6-9-18(12-16)23(19,20)14-5-3-8-17-11-14/h3,5,8,11,15H,2,4,6-7,9-10,12-13H2,1H3/t15-,16-/m1/s1. The SMILES string of the molecule is CCOC[C@]12CCCO[C@@H]1CCN(S(=O)(=O)c1cccnc1)C2. The minimum atomic E-state index is -3.52. The number of ether oxygens (including phenoxy) is 2. The van der Waals surface area contributed by atoms with E-state index in [1.165, 1.54) is 6.20 Å². The molecule has 2 saturated heterocycles. The van der Waals surface area contributed by atoms with Crippen molar-refractivity contribution < 1.29 is 17.9 Å². The second kappa shape index (κ2) is 6.84. The molecule has 128 valence electrons. The van der Waals surface area contributed by atoms with Gasteiger partial charge in [0.1, 0.15) is 4.90 Å². The van der Waals surface area contributed by atoms with Gasteiger partial charge in [0.15, 0.2) is 0 Å². The normalized spacial score (nSPS) is 29.2. The second-order valence-electron chi connectivity index (χ2n) is 6.28. The van der Waals surface area contributed by atoms with E-state index in [1.54, 1.807) is 22.6 Å². The smallest absolute Gasteiger partial charge is 0.244 e. The van der Waals surface area contributed by atoms with Crippen molar-refractivity contribution in [2.75, 3.05) is 32.9 Å². The van der Waals surface area contributed by atoms with E-state index in [0.29, 0.717) is 32.7 Å². The van der Waals surface area contributed by atoms with Gasteiger partial charge in [0.2, 0.25) is 10.0 Å². The Labute approximate surface area is 137 Å². The lowest BCUT2D eigenvalue weighted by Crippen LogP contribution is -2.58. The van der Waals surface area contributed by atoms with Crippen LogP contribution in [0, 0.1) is 5.41 Å². The Morgan fingerprint density at radius 3 is 3.13 bits per heavy atom. The molecular weight excluding hydrogens is 316 g/mol. The van der Waals surface area contributed by atoms with E-state index in [0.717, 1.165) is 19.4 Å². The highest BCUT2D eigenvalue weighted by Gasteiger charge is 2.48. The van der Waals surface area contributed by atoms with Crippen LogP contribution >= 0.6 is 0 Å². The molecule has 6 nitrogen and oxygen atoms in total. The third-order valence-electron chi connectivity index (χ3n) is 4.82. The quantitative estimate of drug-likeness (QED) is 0.816. The molecule has 0 amide bonds. The molecule has 2 atom stereocenters. The molecule has 0 aliphatic carbocycles. The Kier molecular flexibility index (Phi) is 5.01. The van der Waals surface area contributed by atoms with Crippen LogP contribution in [-0.4, -0.2) is 56.7 Å². The zero-order chi connectivity index (χ0) is 16.3. The van der Waals surface area contributed by atoms with Crippen molar-refractivity contribution in [1.29, 1.82) is 0 Å². The van der Waals surface area contributed by atoms with Gasteiger partial charge in [-0.1, -0.05) is 0 Å². The van der Waals surface area contributed by atoms with Crippen LogP contribution in [0.2, 0.25) is 0 Å². The molecule has 3 heterocycles. The van der Waals surface area contributed by atoms with Gasteiger partial charge in [-0.2, -0.15) is 4.31 Å². The van der Waals surface area contributed by atoms with Crippen LogP contribution in [0.25, 0.3) is 0 Å². The highest BCUT2D eigenvalue weighted by Crippen LogP contribution is 2.41. The van der Waals surface area contributed by atoms with Crippen LogP contribution < -0.4 is 0 Å². The van der Waals surface area contributed by atoms with E-state index in [2.05, 4.69) is 4.98 Å². The first kappa shape index (κ1) is 16.8. The van der Waals surface area contributed by atoms with Crippen LogP contribution in [0.3, 0.4) is 0 Å². The van der Waals surface area contributed by atoms with Crippen LogP contribution in [-0.2, 0) is 19.5 Å². The maximum atomic E-state index is 12.9. The Morgan fingerprint density at radius 1 is 1.52 bits per heavy atom. The molecule has 2 aliphatic heterocycles. The average Bonchev–Trinajstić information content (AvgIpc) is 2.60. The summed E-state index contributed by atoms with van der Waals surface area (Å²) >= 11 is 0. The van der Waals surface area contributed by atoms with Crippen molar-refractivity contribution in [3.8, 4) is 0 Å². The zero-order valence-electron chi connectivity index (χ0n) is 13.5. The summed E-state index contributed by atoms with van der Waals surface area (Å²) in [5.74, 6) is 0. The molecule has 0 unspecified atom stereocenters. The summed E-state index contributed by atoms with van der Waals surface area (Å²) in [4.78, 5) is 4.19. The number of nitrogens with zero attached hydrogens (tertiary/aromatic N) is 2. The Morgan fingerprint density at radius 2 is 2.39 bits per heavy atom. The number of fused-ring (bicyclic) bond motifs is 1. The third-order valence-corrected chi connectivity index (χ3v) is 6.65. The molecule has 0 spiro atoms. The molecule has 0 radical (unpaired) electrons. The van der Waals surface area contributed by atoms with Crippen molar-refractivity contribution >= 4 is 10.0 Å². The maximum Gasteiger partial charge on any atom is 0.244 e. The lowest BCUT2D eigenvalue weighted by molar-refractivity contribution is -0.141. The van der Waals surface area contributed by atoms with Gasteiger partial charge in [0.05, 0.1) is 12.7 Å². The summed E-state index contributed by atoms with van der Waals surface area (Å²) < 4.78 is 39.0. The van der Waals surface area contributed by atoms with Crippen LogP contribution in [0.15, 0.2) is 29.4 Å². The van der Waals surface area contributed by atoms with Crippen molar-refractivity contribution in [2.24, 2.45) is 5.41 Å². The van der Waals surface area contributed by atoms with E-state index in [4.69, 9.17) is 9.47 Å². The zero-order valence-corrected chi connectivity index (χ0v) is 14.3. The highest BCUT2D eigenvalue weighted by molar-refractivity contribution is 7.89. The molecule has 3 rings (SSSR count). The number of aromatic nitrogens is 1. The van der Waals surface area contributed by atoms with Crippen molar-refractivity contribution in [2.45, 2.75) is 37.2 Å². The van der Waals surface area contributed by atoms with Crippen LogP contribution in [0.5, 0.6) is 0 Å². The fraction of sp³-hybridized carbons (Fsp3) is 0.688. The predicted octanol–water partition coefficient (Wildman–Crippen LogP) is 1.68. The fourth-order valence-electron chi connectivity index (χ4n) is 3.62. The van der Waals surface area contributed by atoms with Gasteiger partial charge in [-0.25, -0.2) is 8.42 Å². The van der Waals surface area contributed by atoms with Crippen LogP contribution in [0.4, 0.5) is 0 Å². The van der Waals surface area contributed by atoms with Crippen LogP contribution in [0.1, 0.15) is 26.2 Å². The second-order valence-corrected chi connectivity index (χ2v) is 8.22.